The number of nitrogens with zero attached hydrogens (tertiary/aromatic N) is 2. The van der Waals surface area contributed by atoms with E-state index in [4.69, 9.17) is 17.3 Å². The van der Waals surface area contributed by atoms with Gasteiger partial charge in [-0.05, 0) is 18.5 Å². The largest absolute Gasteiger partial charge is 0.383 e. The molecule has 0 aliphatic heterocycles. The third-order valence-corrected chi connectivity index (χ3v) is 1.51. The van der Waals surface area contributed by atoms with Gasteiger partial charge in [0, 0.05) is 5.56 Å². The Morgan fingerprint density at radius 2 is 2.18 bits per heavy atom. The molecule has 0 saturated carbocycles. The molecule has 2 N–H and O–H groups in total. The third kappa shape index (κ3) is 1.49. The molecule has 58 valence electrons. The zero-order valence-corrected chi connectivity index (χ0v) is 6.89. The average Bonchev–Trinajstić information content (AvgIpc) is 1.85. The minimum absolute atomic E-state index is 0.172. The van der Waals surface area contributed by atoms with Gasteiger partial charge in [-0.2, -0.15) is 0 Å². The van der Waals surface area contributed by atoms with Gasteiger partial charge in [-0.15, -0.1) is 0 Å². The summed E-state index contributed by atoms with van der Waals surface area (Å²) in [6.07, 6.45) is 1.61. The van der Waals surface area contributed by atoms with Gasteiger partial charge in [0.25, 0.3) is 0 Å². The van der Waals surface area contributed by atoms with Crippen molar-refractivity contribution in [2.45, 2.75) is 6.92 Å². The molecule has 0 atom stereocenters. The van der Waals surface area contributed by atoms with E-state index in [0.29, 0.717) is 5.82 Å². The summed E-state index contributed by atoms with van der Waals surface area (Å²) in [5.41, 5.74) is 7.02. The highest BCUT2D eigenvalue weighted by Gasteiger charge is 2.03. The van der Waals surface area contributed by atoms with Crippen LogP contribution in [-0.4, -0.2) is 9.97 Å². The van der Waals surface area contributed by atoms with Crippen molar-refractivity contribution in [1.29, 1.82) is 0 Å². The minimum atomic E-state index is 0.172. The van der Waals surface area contributed by atoms with E-state index in [1.807, 2.05) is 0 Å². The van der Waals surface area contributed by atoms with Gasteiger partial charge < -0.3 is 5.73 Å². The van der Waals surface area contributed by atoms with Crippen LogP contribution in [0.25, 0.3) is 6.08 Å². The van der Waals surface area contributed by atoms with Crippen LogP contribution in [0.4, 0.5) is 5.82 Å². The second kappa shape index (κ2) is 2.88. The number of nitrogen functional groups attached to an aromatic ring is 1. The summed E-state index contributed by atoms with van der Waals surface area (Å²) in [6.45, 7) is 5.39. The van der Waals surface area contributed by atoms with Gasteiger partial charge in [0.15, 0.2) is 0 Å². The van der Waals surface area contributed by atoms with Crippen LogP contribution in [0.1, 0.15) is 11.3 Å². The molecule has 1 rings (SSSR count). The van der Waals surface area contributed by atoms with Crippen molar-refractivity contribution in [1.82, 2.24) is 9.97 Å². The smallest absolute Gasteiger partial charge is 0.224 e. The molecule has 4 heteroatoms. The predicted molar refractivity (Wildman–Crippen MR) is 46.3 cm³/mol. The molecule has 0 radical (unpaired) electrons. The number of aryl methyl sites for hydroxylation is 1. The van der Waals surface area contributed by atoms with Gasteiger partial charge >= 0.3 is 0 Å². The molecular formula is C7H8ClN3. The number of hydrogen-bond acceptors (Lipinski definition) is 3. The number of rotatable bonds is 1. The lowest BCUT2D eigenvalue weighted by atomic mass is 10.2. The maximum atomic E-state index is 5.54. The molecule has 0 aromatic carbocycles. The molecule has 1 heterocycles. The first-order valence-electron chi connectivity index (χ1n) is 3.07. The number of aromatic nitrogens is 2. The second-order valence-electron chi connectivity index (χ2n) is 2.08. The number of hydrogen-bond donors (Lipinski definition) is 1. The molecule has 0 aliphatic carbocycles. The summed E-state index contributed by atoms with van der Waals surface area (Å²) in [5, 5.41) is 0.172. The normalized spacial score (nSPS) is 9.64. The Hall–Kier alpha value is -1.09. The Morgan fingerprint density at radius 3 is 2.64 bits per heavy atom. The lowest BCUT2D eigenvalue weighted by molar-refractivity contribution is 1.10. The van der Waals surface area contributed by atoms with E-state index in [1.54, 1.807) is 13.0 Å². The topological polar surface area (TPSA) is 51.8 Å². The SMILES string of the molecule is C=Cc1c(C)nc(Cl)nc1N. The Bertz CT molecular complexity index is 273. The van der Waals surface area contributed by atoms with Crippen molar-refractivity contribution in [2.24, 2.45) is 0 Å². The van der Waals surface area contributed by atoms with E-state index in [1.165, 1.54) is 0 Å². The van der Waals surface area contributed by atoms with Crippen molar-refractivity contribution in [3.05, 3.63) is 23.1 Å². The van der Waals surface area contributed by atoms with Crippen LogP contribution < -0.4 is 5.73 Å². The average molecular weight is 170 g/mol. The predicted octanol–water partition coefficient (Wildman–Crippen LogP) is 1.66. The second-order valence-corrected chi connectivity index (χ2v) is 2.42. The van der Waals surface area contributed by atoms with Crippen molar-refractivity contribution in [2.75, 3.05) is 5.73 Å². The minimum Gasteiger partial charge on any atom is -0.383 e. The first-order valence-corrected chi connectivity index (χ1v) is 3.45. The first kappa shape index (κ1) is 8.01. The van der Waals surface area contributed by atoms with Gasteiger partial charge in [-0.25, -0.2) is 9.97 Å². The number of nitrogens with two attached hydrogens (primary N) is 1. The molecule has 11 heavy (non-hydrogen) atoms. The van der Waals surface area contributed by atoms with E-state index in [-0.39, 0.29) is 5.28 Å². The molecule has 1 aromatic rings. The quantitative estimate of drug-likeness (QED) is 0.651. The fourth-order valence-corrected chi connectivity index (χ4v) is 1.04. The van der Waals surface area contributed by atoms with Gasteiger partial charge in [0.1, 0.15) is 5.82 Å². The van der Waals surface area contributed by atoms with Crippen molar-refractivity contribution in [3.63, 3.8) is 0 Å². The maximum absolute atomic E-state index is 5.54. The monoisotopic (exact) mass is 169 g/mol. The summed E-state index contributed by atoms with van der Waals surface area (Å²) in [4.78, 5) is 7.67. The molecule has 0 spiro atoms. The molecule has 0 unspecified atom stereocenters. The summed E-state index contributed by atoms with van der Waals surface area (Å²) < 4.78 is 0. The highest BCUT2D eigenvalue weighted by molar-refractivity contribution is 6.28. The molecule has 0 fully saturated rings. The van der Waals surface area contributed by atoms with E-state index in [2.05, 4.69) is 16.5 Å². The Labute approximate surface area is 69.9 Å². The zero-order valence-electron chi connectivity index (χ0n) is 6.13. The third-order valence-electron chi connectivity index (χ3n) is 1.34. The fourth-order valence-electron chi connectivity index (χ4n) is 0.821. The molecule has 0 bridgehead atoms. The van der Waals surface area contributed by atoms with Crippen LogP contribution in [0.5, 0.6) is 0 Å². The van der Waals surface area contributed by atoms with Crippen LogP contribution in [0, 0.1) is 6.92 Å². The van der Waals surface area contributed by atoms with Crippen molar-refractivity contribution in [3.8, 4) is 0 Å². The molecular weight excluding hydrogens is 162 g/mol. The molecule has 0 aliphatic rings. The highest BCUT2D eigenvalue weighted by Crippen LogP contribution is 2.15. The number of anilines is 1. The lowest BCUT2D eigenvalue weighted by Gasteiger charge is -2.02. The van der Waals surface area contributed by atoms with E-state index in [9.17, 15) is 0 Å². The summed E-state index contributed by atoms with van der Waals surface area (Å²) in [7, 11) is 0. The van der Waals surface area contributed by atoms with Crippen LogP contribution >= 0.6 is 11.6 Å². The summed E-state index contributed by atoms with van der Waals surface area (Å²) in [6, 6.07) is 0. The lowest BCUT2D eigenvalue weighted by Crippen LogP contribution is -1.99. The van der Waals surface area contributed by atoms with Gasteiger partial charge in [0.05, 0.1) is 5.69 Å². The molecule has 0 saturated heterocycles. The molecule has 0 amide bonds. The van der Waals surface area contributed by atoms with Crippen LogP contribution in [0.3, 0.4) is 0 Å². The molecule has 3 nitrogen and oxygen atoms in total. The van der Waals surface area contributed by atoms with Crippen LogP contribution in [-0.2, 0) is 0 Å². The Kier molecular flexibility index (Phi) is 2.10. The van der Waals surface area contributed by atoms with Crippen molar-refractivity contribution >= 4 is 23.5 Å². The first-order chi connectivity index (χ1) is 5.15. The zero-order chi connectivity index (χ0) is 8.43. The standard InChI is InChI=1S/C7H8ClN3/c1-3-5-4(2)10-7(8)11-6(5)9/h3H,1H2,2H3,(H2,9,10,11). The van der Waals surface area contributed by atoms with Gasteiger partial charge in [-0.3, -0.25) is 0 Å². The summed E-state index contributed by atoms with van der Waals surface area (Å²) in [5.74, 6) is 0.373. The number of halogens is 1. The van der Waals surface area contributed by atoms with Crippen LogP contribution in [0.15, 0.2) is 6.58 Å². The van der Waals surface area contributed by atoms with E-state index < -0.39 is 0 Å². The van der Waals surface area contributed by atoms with Crippen molar-refractivity contribution < 1.29 is 0 Å². The van der Waals surface area contributed by atoms with Gasteiger partial charge in [-0.1, -0.05) is 12.7 Å². The Balaban J connectivity index is 3.36. The van der Waals surface area contributed by atoms with Gasteiger partial charge in [0.2, 0.25) is 5.28 Å². The van der Waals surface area contributed by atoms with Crippen LogP contribution in [0.2, 0.25) is 5.28 Å². The highest BCUT2D eigenvalue weighted by atomic mass is 35.5. The maximum Gasteiger partial charge on any atom is 0.224 e. The molecule has 1 aromatic heterocycles. The van der Waals surface area contributed by atoms with E-state index >= 15 is 0 Å². The van der Waals surface area contributed by atoms with E-state index in [0.717, 1.165) is 11.3 Å². The fraction of sp³-hybridized carbons (Fsp3) is 0.143. The Morgan fingerprint density at radius 1 is 1.55 bits per heavy atom. The summed E-state index contributed by atoms with van der Waals surface area (Å²) >= 11 is 5.54.